The van der Waals surface area contributed by atoms with E-state index in [4.69, 9.17) is 4.74 Å². The minimum absolute atomic E-state index is 0.582. The predicted octanol–water partition coefficient (Wildman–Crippen LogP) is 4.21. The fourth-order valence-corrected chi connectivity index (χ4v) is 2.48. The molecule has 1 N–H and O–H groups in total. The number of benzene rings is 1. The van der Waals surface area contributed by atoms with Crippen LogP contribution in [0.25, 0.3) is 10.9 Å². The van der Waals surface area contributed by atoms with Gasteiger partial charge in [0.05, 0.1) is 6.61 Å². The number of unbranched alkanes of at least 4 members (excludes halogenated alkanes) is 1. The van der Waals surface area contributed by atoms with Gasteiger partial charge in [0.25, 0.3) is 0 Å². The minimum Gasteiger partial charge on any atom is -0.494 e. The molecule has 2 rings (SSSR count). The Kier molecular flexibility index (Phi) is 6.12. The van der Waals surface area contributed by atoms with Crippen LogP contribution in [0.4, 0.5) is 0 Å². The minimum atomic E-state index is 0.582. The summed E-state index contributed by atoms with van der Waals surface area (Å²) in [4.78, 5) is 0. The molecule has 21 heavy (non-hydrogen) atoms. The molecule has 116 valence electrons. The molecular weight excluding hydrogens is 260 g/mol. The second-order valence-corrected chi connectivity index (χ2v) is 5.89. The monoisotopic (exact) mass is 288 g/mol. The average Bonchev–Trinajstić information content (AvgIpc) is 2.87. The van der Waals surface area contributed by atoms with E-state index in [9.17, 15) is 0 Å². The molecule has 0 saturated carbocycles. The highest BCUT2D eigenvalue weighted by Crippen LogP contribution is 2.22. The summed E-state index contributed by atoms with van der Waals surface area (Å²) in [6.07, 6.45) is 5.65. The number of ether oxygens (including phenoxy) is 1. The lowest BCUT2D eigenvalue weighted by molar-refractivity contribution is 0.318. The standard InChI is InChI=1S/C18H28N2O/c1-4-13-21-17-7-8-18-16(14-17)9-12-20(18)11-6-5-10-19-15(2)3/h7-9,12,14-15,19H,4-6,10-11,13H2,1-3H3. The van der Waals surface area contributed by atoms with E-state index in [0.717, 1.165) is 31.9 Å². The van der Waals surface area contributed by atoms with Gasteiger partial charge in [0.1, 0.15) is 5.75 Å². The van der Waals surface area contributed by atoms with Crippen LogP contribution in [0.5, 0.6) is 5.75 Å². The summed E-state index contributed by atoms with van der Waals surface area (Å²) in [6, 6.07) is 9.16. The summed E-state index contributed by atoms with van der Waals surface area (Å²) < 4.78 is 8.03. The van der Waals surface area contributed by atoms with Gasteiger partial charge < -0.3 is 14.6 Å². The third-order valence-electron chi connectivity index (χ3n) is 3.59. The molecule has 0 spiro atoms. The Balaban J connectivity index is 1.89. The van der Waals surface area contributed by atoms with Gasteiger partial charge in [-0.3, -0.25) is 0 Å². The van der Waals surface area contributed by atoms with Crippen LogP contribution in [-0.2, 0) is 6.54 Å². The van der Waals surface area contributed by atoms with Gasteiger partial charge in [-0.1, -0.05) is 20.8 Å². The SMILES string of the molecule is CCCOc1ccc2c(ccn2CCCCNC(C)C)c1. The summed E-state index contributed by atoms with van der Waals surface area (Å²) in [5, 5.41) is 4.73. The van der Waals surface area contributed by atoms with Crippen molar-refractivity contribution in [1.82, 2.24) is 9.88 Å². The third-order valence-corrected chi connectivity index (χ3v) is 3.59. The lowest BCUT2D eigenvalue weighted by atomic mass is 10.2. The van der Waals surface area contributed by atoms with Gasteiger partial charge in [-0.15, -0.1) is 0 Å². The lowest BCUT2D eigenvalue weighted by Gasteiger charge is -2.09. The number of hydrogen-bond acceptors (Lipinski definition) is 2. The first-order valence-corrected chi connectivity index (χ1v) is 8.15. The molecule has 3 nitrogen and oxygen atoms in total. The van der Waals surface area contributed by atoms with E-state index in [1.54, 1.807) is 0 Å². The van der Waals surface area contributed by atoms with Gasteiger partial charge >= 0.3 is 0 Å². The molecule has 1 aromatic heterocycles. The molecule has 0 unspecified atom stereocenters. The number of nitrogens with zero attached hydrogens (tertiary/aromatic N) is 1. The first-order chi connectivity index (χ1) is 10.2. The molecule has 0 radical (unpaired) electrons. The van der Waals surface area contributed by atoms with E-state index in [-0.39, 0.29) is 0 Å². The van der Waals surface area contributed by atoms with Gasteiger partial charge in [0.15, 0.2) is 0 Å². The number of nitrogens with one attached hydrogen (secondary N) is 1. The Morgan fingerprint density at radius 3 is 2.81 bits per heavy atom. The number of rotatable bonds is 9. The second kappa shape index (κ2) is 8.08. The van der Waals surface area contributed by atoms with Crippen LogP contribution in [0.15, 0.2) is 30.5 Å². The number of aromatic nitrogens is 1. The van der Waals surface area contributed by atoms with Crippen LogP contribution >= 0.6 is 0 Å². The molecule has 0 saturated heterocycles. The Labute approximate surface area is 128 Å². The van der Waals surface area contributed by atoms with Crippen molar-refractivity contribution < 1.29 is 4.74 Å². The van der Waals surface area contributed by atoms with E-state index < -0.39 is 0 Å². The van der Waals surface area contributed by atoms with Crippen LogP contribution < -0.4 is 10.1 Å². The van der Waals surface area contributed by atoms with Gasteiger partial charge in [-0.05, 0) is 50.1 Å². The summed E-state index contributed by atoms with van der Waals surface area (Å²) in [6.45, 7) is 9.48. The molecule has 3 heteroatoms. The predicted molar refractivity (Wildman–Crippen MR) is 90.1 cm³/mol. The molecule has 0 atom stereocenters. The summed E-state index contributed by atoms with van der Waals surface area (Å²) in [7, 11) is 0. The third kappa shape index (κ3) is 4.78. The highest BCUT2D eigenvalue weighted by Gasteiger charge is 2.03. The van der Waals surface area contributed by atoms with Crippen molar-refractivity contribution in [3.05, 3.63) is 30.5 Å². The maximum absolute atomic E-state index is 5.69. The quantitative estimate of drug-likeness (QED) is 0.700. The fourth-order valence-electron chi connectivity index (χ4n) is 2.48. The molecular formula is C18H28N2O. The molecule has 0 aliphatic rings. The molecule has 2 aromatic rings. The van der Waals surface area contributed by atoms with Crippen molar-refractivity contribution in [2.75, 3.05) is 13.2 Å². The van der Waals surface area contributed by atoms with Crippen LogP contribution in [0.2, 0.25) is 0 Å². The molecule has 1 heterocycles. The first kappa shape index (κ1) is 15.9. The Morgan fingerprint density at radius 1 is 1.19 bits per heavy atom. The largest absolute Gasteiger partial charge is 0.494 e. The molecule has 0 bridgehead atoms. The van der Waals surface area contributed by atoms with Gasteiger partial charge in [0.2, 0.25) is 0 Å². The second-order valence-electron chi connectivity index (χ2n) is 5.89. The van der Waals surface area contributed by atoms with Crippen LogP contribution in [0, 0.1) is 0 Å². The van der Waals surface area contributed by atoms with Crippen molar-refractivity contribution in [2.24, 2.45) is 0 Å². The molecule has 0 aliphatic heterocycles. The van der Waals surface area contributed by atoms with E-state index in [2.05, 4.69) is 61.1 Å². The van der Waals surface area contributed by atoms with E-state index in [1.165, 1.54) is 23.7 Å². The number of hydrogen-bond donors (Lipinski definition) is 1. The molecule has 0 aliphatic carbocycles. The van der Waals surface area contributed by atoms with Gasteiger partial charge in [-0.25, -0.2) is 0 Å². The Morgan fingerprint density at radius 2 is 2.05 bits per heavy atom. The summed E-state index contributed by atoms with van der Waals surface area (Å²) >= 11 is 0. The Hall–Kier alpha value is -1.48. The molecule has 0 fully saturated rings. The van der Waals surface area contributed by atoms with Crippen LogP contribution in [0.3, 0.4) is 0 Å². The first-order valence-electron chi connectivity index (χ1n) is 8.15. The average molecular weight is 288 g/mol. The molecule has 1 aromatic carbocycles. The highest BCUT2D eigenvalue weighted by molar-refractivity contribution is 5.81. The van der Waals surface area contributed by atoms with Crippen molar-refractivity contribution in [3.8, 4) is 5.75 Å². The van der Waals surface area contributed by atoms with Crippen molar-refractivity contribution in [2.45, 2.75) is 52.6 Å². The maximum atomic E-state index is 5.69. The topological polar surface area (TPSA) is 26.2 Å². The zero-order valence-corrected chi connectivity index (χ0v) is 13.6. The fraction of sp³-hybridized carbons (Fsp3) is 0.556. The molecule has 0 amide bonds. The summed E-state index contributed by atoms with van der Waals surface area (Å²) in [5.41, 5.74) is 1.30. The Bertz CT molecular complexity index is 545. The highest BCUT2D eigenvalue weighted by atomic mass is 16.5. The zero-order chi connectivity index (χ0) is 15.1. The zero-order valence-electron chi connectivity index (χ0n) is 13.6. The number of aryl methyl sites for hydroxylation is 1. The van der Waals surface area contributed by atoms with Crippen molar-refractivity contribution in [1.29, 1.82) is 0 Å². The van der Waals surface area contributed by atoms with Crippen LogP contribution in [-0.4, -0.2) is 23.8 Å². The lowest BCUT2D eigenvalue weighted by Crippen LogP contribution is -2.23. The van der Waals surface area contributed by atoms with Gasteiger partial charge in [-0.2, -0.15) is 0 Å². The maximum Gasteiger partial charge on any atom is 0.120 e. The van der Waals surface area contributed by atoms with Crippen LogP contribution in [0.1, 0.15) is 40.0 Å². The van der Waals surface area contributed by atoms with Gasteiger partial charge in [0, 0.05) is 29.7 Å². The number of fused-ring (bicyclic) bond motifs is 1. The van der Waals surface area contributed by atoms with Crippen molar-refractivity contribution in [3.63, 3.8) is 0 Å². The normalized spacial score (nSPS) is 11.4. The van der Waals surface area contributed by atoms with E-state index >= 15 is 0 Å². The van der Waals surface area contributed by atoms with E-state index in [0.29, 0.717) is 6.04 Å². The van der Waals surface area contributed by atoms with Crippen molar-refractivity contribution >= 4 is 10.9 Å². The summed E-state index contributed by atoms with van der Waals surface area (Å²) in [5.74, 6) is 0.975. The van der Waals surface area contributed by atoms with E-state index in [1.807, 2.05) is 0 Å². The smallest absolute Gasteiger partial charge is 0.120 e.